The molecule has 3 aliphatic heterocycles. The van der Waals surface area contributed by atoms with Crippen LogP contribution in [0.15, 0.2) is 0 Å². The zero-order valence-corrected chi connectivity index (χ0v) is 34.2. The molecule has 4 aliphatic carbocycles. The summed E-state index contributed by atoms with van der Waals surface area (Å²) in [6.45, 7) is 15.5. The quantitative estimate of drug-likeness (QED) is 0.174. The van der Waals surface area contributed by atoms with Crippen LogP contribution < -0.4 is 0 Å². The van der Waals surface area contributed by atoms with Gasteiger partial charge >= 0.3 is 23.9 Å². The maximum atomic E-state index is 13.9. The number of nitrogens with zero attached hydrogens (tertiary/aromatic N) is 1. The van der Waals surface area contributed by atoms with Crippen LogP contribution in [0.4, 0.5) is 0 Å². The fraction of sp³-hybridized carbons (Fsp3) is 0.902. The summed E-state index contributed by atoms with van der Waals surface area (Å²) in [6, 6.07) is -0.309. The smallest absolute Gasteiger partial charge is 0.338 e. The Morgan fingerprint density at radius 2 is 1.55 bits per heavy atom. The molecule has 4 bridgehead atoms. The summed E-state index contributed by atoms with van der Waals surface area (Å²) >= 11 is 0. The van der Waals surface area contributed by atoms with E-state index in [-0.39, 0.29) is 31.7 Å². The van der Waals surface area contributed by atoms with Crippen molar-refractivity contribution in [3.63, 3.8) is 0 Å². The van der Waals surface area contributed by atoms with E-state index in [0.29, 0.717) is 31.8 Å². The molecule has 15 nitrogen and oxygen atoms in total. The third kappa shape index (κ3) is 5.60. The summed E-state index contributed by atoms with van der Waals surface area (Å²) < 4.78 is 31.3. The molecule has 0 aromatic carbocycles. The van der Waals surface area contributed by atoms with Gasteiger partial charge in [0.15, 0.2) is 17.8 Å². The van der Waals surface area contributed by atoms with Crippen LogP contribution in [0.25, 0.3) is 0 Å². The van der Waals surface area contributed by atoms with Gasteiger partial charge < -0.3 is 49.2 Å². The van der Waals surface area contributed by atoms with Gasteiger partial charge in [0.1, 0.15) is 17.8 Å². The molecule has 5 N–H and O–H groups in total. The molecular weight excluding hydrogens is 730 g/mol. The fourth-order valence-electron chi connectivity index (χ4n) is 13.1. The molecule has 0 unspecified atom stereocenters. The largest absolute Gasteiger partial charge is 0.458 e. The Balaban J connectivity index is 1.45. The van der Waals surface area contributed by atoms with Crippen molar-refractivity contribution >= 4 is 23.9 Å². The van der Waals surface area contributed by atoms with Crippen LogP contribution in [0.2, 0.25) is 0 Å². The Morgan fingerprint density at radius 3 is 2.14 bits per heavy atom. The summed E-state index contributed by atoms with van der Waals surface area (Å²) in [5.41, 5.74) is -8.37. The highest BCUT2D eigenvalue weighted by atomic mass is 16.7. The molecule has 0 amide bonds. The highest BCUT2D eigenvalue weighted by Crippen LogP contribution is 2.78. The Bertz CT molecular complexity index is 1620. The Morgan fingerprint density at radius 1 is 0.929 bits per heavy atom. The number of esters is 4. The van der Waals surface area contributed by atoms with Gasteiger partial charge in [-0.2, -0.15) is 0 Å². The topological polar surface area (TPSA) is 219 Å². The van der Waals surface area contributed by atoms with Crippen molar-refractivity contribution in [2.24, 2.45) is 46.8 Å². The first kappa shape index (κ1) is 41.7. The molecule has 15 heteroatoms. The van der Waals surface area contributed by atoms with E-state index in [1.807, 2.05) is 13.8 Å². The van der Waals surface area contributed by atoms with Crippen molar-refractivity contribution in [3.05, 3.63) is 0 Å². The minimum Gasteiger partial charge on any atom is -0.458 e. The lowest BCUT2D eigenvalue weighted by atomic mass is 9.48. The SMILES string of the molecule is CC[C@H](C)C(=O)O[C@@H]1[C@@H](O)[C@@H]2[C@H](CN3C[C@H](C)CC[C@@H]3[C@]2(C)O)[C@H]2C[C@@]34O[C@@]5(O)[C@H](OC(=O)[C@](C)(O)CC)CC[C@]3(C)[C@H]5[C@H](OC(C)=O)[C@H](OC(C)=O)[C@@H]4[C@]21O. The van der Waals surface area contributed by atoms with Gasteiger partial charge in [-0.05, 0) is 76.5 Å². The maximum Gasteiger partial charge on any atom is 0.338 e. The van der Waals surface area contributed by atoms with Crippen molar-refractivity contribution in [3.8, 4) is 0 Å². The van der Waals surface area contributed by atoms with E-state index in [2.05, 4.69) is 11.8 Å². The summed E-state index contributed by atoms with van der Waals surface area (Å²) in [4.78, 5) is 55.6. The molecule has 3 heterocycles. The first-order valence-electron chi connectivity index (χ1n) is 20.7. The molecule has 56 heavy (non-hydrogen) atoms. The number of hydrogen-bond acceptors (Lipinski definition) is 15. The van der Waals surface area contributed by atoms with Gasteiger partial charge in [-0.15, -0.1) is 0 Å². The molecule has 0 radical (unpaired) electrons. The number of hydrogen-bond donors (Lipinski definition) is 5. The molecule has 4 saturated carbocycles. The third-order valence-corrected chi connectivity index (χ3v) is 16.0. The van der Waals surface area contributed by atoms with Gasteiger partial charge in [-0.1, -0.05) is 34.6 Å². The average Bonchev–Trinajstić information content (AvgIpc) is 3.40. The van der Waals surface area contributed by atoms with E-state index < -0.39 is 124 Å². The molecule has 7 fully saturated rings. The molecule has 19 atom stereocenters. The van der Waals surface area contributed by atoms with Gasteiger partial charge in [0.25, 0.3) is 0 Å². The minimum atomic E-state index is -2.38. The summed E-state index contributed by atoms with van der Waals surface area (Å²) in [5, 5.41) is 62.9. The highest BCUT2D eigenvalue weighted by Gasteiger charge is 2.90. The second-order valence-electron chi connectivity index (χ2n) is 19.2. The Kier molecular flexibility index (Phi) is 10.1. The molecule has 3 saturated heterocycles. The first-order valence-corrected chi connectivity index (χ1v) is 20.7. The second kappa shape index (κ2) is 13.6. The number of carbonyl (C=O) groups is 4. The number of aliphatic hydroxyl groups excluding tert-OH is 1. The number of carbonyl (C=O) groups excluding carboxylic acids is 4. The van der Waals surface area contributed by atoms with Crippen LogP contribution in [0.5, 0.6) is 0 Å². The van der Waals surface area contributed by atoms with Crippen LogP contribution in [0, 0.1) is 46.8 Å². The summed E-state index contributed by atoms with van der Waals surface area (Å²) in [5.74, 6) is -10.8. The Hall–Kier alpha value is -2.40. The molecule has 0 aromatic heterocycles. The van der Waals surface area contributed by atoms with Gasteiger partial charge in [0.2, 0.25) is 5.79 Å². The number of fused-ring (bicyclic) bond motifs is 5. The molecule has 316 valence electrons. The van der Waals surface area contributed by atoms with E-state index in [9.17, 15) is 44.7 Å². The van der Waals surface area contributed by atoms with E-state index in [1.165, 1.54) is 20.8 Å². The number of piperidine rings is 2. The predicted molar refractivity (Wildman–Crippen MR) is 195 cm³/mol. The standard InChI is InChI=1S/C41H63NO14/c1-10-20(4)34(46)55-33-28(45)27-23(18-42-17-19(3)12-13-25(42)38(27,9)49)24-16-39-32(40(24,33)50)30(53-22(6)44)29(52-21(5)43)31-36(39,7)15-14-26(41(31,51)56-39)54-35(47)37(8,48)11-2/h19-20,23-33,45,48-51H,10-18H2,1-9H3/t19-,20+,23-,24-,25-,26-,27+,28+,29-,30+,31-,32+,33-,36-,37-,38+,39+,40-,41+/m1/s1. The lowest BCUT2D eigenvalue weighted by molar-refractivity contribution is -0.301. The molecule has 7 aliphatic rings. The van der Waals surface area contributed by atoms with Crippen LogP contribution in [0.1, 0.15) is 107 Å². The Labute approximate surface area is 328 Å². The van der Waals surface area contributed by atoms with Crippen molar-refractivity contribution in [1.82, 2.24) is 4.90 Å². The number of rotatable bonds is 8. The van der Waals surface area contributed by atoms with Gasteiger partial charge in [0.05, 0.1) is 35.1 Å². The van der Waals surface area contributed by atoms with E-state index in [0.717, 1.165) is 6.42 Å². The van der Waals surface area contributed by atoms with Crippen LogP contribution in [-0.4, -0.2) is 132 Å². The zero-order valence-electron chi connectivity index (χ0n) is 34.2. The minimum absolute atomic E-state index is 0.0107. The van der Waals surface area contributed by atoms with Crippen molar-refractivity contribution in [2.45, 2.75) is 172 Å². The van der Waals surface area contributed by atoms with Crippen LogP contribution in [-0.2, 0) is 42.9 Å². The van der Waals surface area contributed by atoms with Crippen molar-refractivity contribution in [1.29, 1.82) is 0 Å². The van der Waals surface area contributed by atoms with E-state index in [1.54, 1.807) is 20.8 Å². The highest BCUT2D eigenvalue weighted by molar-refractivity contribution is 5.79. The lowest BCUT2D eigenvalue weighted by Gasteiger charge is -2.64. The molecule has 1 spiro atoms. The van der Waals surface area contributed by atoms with Crippen molar-refractivity contribution < 1.29 is 68.4 Å². The third-order valence-electron chi connectivity index (χ3n) is 16.0. The monoisotopic (exact) mass is 793 g/mol. The van der Waals surface area contributed by atoms with Gasteiger partial charge in [-0.25, -0.2) is 4.79 Å². The fourth-order valence-corrected chi connectivity index (χ4v) is 13.1. The molecule has 0 aromatic rings. The van der Waals surface area contributed by atoms with E-state index in [4.69, 9.17) is 23.7 Å². The zero-order chi connectivity index (χ0) is 41.3. The lowest BCUT2D eigenvalue weighted by Crippen LogP contribution is -2.78. The first-order chi connectivity index (χ1) is 26.0. The number of aliphatic hydroxyl groups is 5. The number of ether oxygens (including phenoxy) is 5. The van der Waals surface area contributed by atoms with Crippen molar-refractivity contribution in [2.75, 3.05) is 13.1 Å². The van der Waals surface area contributed by atoms with Crippen LogP contribution in [0.3, 0.4) is 0 Å². The summed E-state index contributed by atoms with van der Waals surface area (Å²) in [7, 11) is 0. The second-order valence-corrected chi connectivity index (χ2v) is 19.2. The maximum absolute atomic E-state index is 13.9. The summed E-state index contributed by atoms with van der Waals surface area (Å²) in [6.07, 6.45) is -5.31. The normalized spacial score (nSPS) is 50.5. The van der Waals surface area contributed by atoms with Gasteiger partial charge in [0, 0.05) is 44.3 Å². The molecule has 7 rings (SSSR count). The van der Waals surface area contributed by atoms with E-state index >= 15 is 0 Å². The van der Waals surface area contributed by atoms with Crippen LogP contribution >= 0.6 is 0 Å². The average molecular weight is 794 g/mol. The molecular formula is C41H63NO14. The van der Waals surface area contributed by atoms with Gasteiger partial charge in [-0.3, -0.25) is 19.3 Å². The predicted octanol–water partition coefficient (Wildman–Crippen LogP) is 1.61.